The standard InChI is InChI=1S/C18H15ClN4OS/c1-12-4-2-3-5-15(12)16-20-21-18-23(16)22(10-11-25-18)17(24)13-6-8-14(19)9-7-13/h2-9H,10-11H2,1H3. The first-order valence-corrected chi connectivity index (χ1v) is 9.23. The van der Waals surface area contributed by atoms with Crippen molar-refractivity contribution in [2.24, 2.45) is 0 Å². The van der Waals surface area contributed by atoms with Crippen LogP contribution >= 0.6 is 23.4 Å². The highest BCUT2D eigenvalue weighted by Crippen LogP contribution is 2.29. The lowest BCUT2D eigenvalue weighted by atomic mass is 10.1. The van der Waals surface area contributed by atoms with Crippen LogP contribution in [-0.4, -0.2) is 33.1 Å². The summed E-state index contributed by atoms with van der Waals surface area (Å²) >= 11 is 7.54. The molecule has 2 aromatic carbocycles. The van der Waals surface area contributed by atoms with Gasteiger partial charge in [0.15, 0.2) is 5.82 Å². The van der Waals surface area contributed by atoms with Gasteiger partial charge in [-0.3, -0.25) is 4.79 Å². The number of halogens is 1. The molecular weight excluding hydrogens is 356 g/mol. The monoisotopic (exact) mass is 370 g/mol. The molecule has 1 amide bonds. The predicted molar refractivity (Wildman–Crippen MR) is 99.8 cm³/mol. The summed E-state index contributed by atoms with van der Waals surface area (Å²) < 4.78 is 1.83. The highest BCUT2D eigenvalue weighted by molar-refractivity contribution is 7.99. The fourth-order valence-electron chi connectivity index (χ4n) is 2.82. The maximum absolute atomic E-state index is 13.0. The Hall–Kier alpha value is -2.31. The smallest absolute Gasteiger partial charge is 0.267 e. The van der Waals surface area contributed by atoms with Gasteiger partial charge in [0.05, 0.1) is 6.54 Å². The number of hydrogen-bond donors (Lipinski definition) is 0. The van der Waals surface area contributed by atoms with Gasteiger partial charge in [0.25, 0.3) is 5.91 Å². The number of rotatable bonds is 2. The number of hydrogen-bond acceptors (Lipinski definition) is 4. The van der Waals surface area contributed by atoms with Gasteiger partial charge in [-0.15, -0.1) is 10.2 Å². The molecule has 0 unspecified atom stereocenters. The number of aromatic nitrogens is 3. The molecule has 0 bridgehead atoms. The Morgan fingerprint density at radius 1 is 1.12 bits per heavy atom. The van der Waals surface area contributed by atoms with Gasteiger partial charge in [-0.05, 0) is 36.8 Å². The molecule has 0 radical (unpaired) electrons. The quantitative estimate of drug-likeness (QED) is 0.688. The molecule has 5 nitrogen and oxygen atoms in total. The zero-order valence-electron chi connectivity index (χ0n) is 13.5. The highest BCUT2D eigenvalue weighted by Gasteiger charge is 2.29. The minimum Gasteiger partial charge on any atom is -0.267 e. The number of carbonyl (C=O) groups is 1. The van der Waals surface area contributed by atoms with Gasteiger partial charge in [0, 0.05) is 21.9 Å². The summed E-state index contributed by atoms with van der Waals surface area (Å²) in [4.78, 5) is 13.0. The molecule has 1 aromatic heterocycles. The molecule has 0 fully saturated rings. The van der Waals surface area contributed by atoms with Crippen molar-refractivity contribution < 1.29 is 4.79 Å². The normalized spacial score (nSPS) is 13.6. The van der Waals surface area contributed by atoms with Crippen LogP contribution in [-0.2, 0) is 0 Å². The van der Waals surface area contributed by atoms with E-state index < -0.39 is 0 Å². The molecule has 1 aliphatic rings. The van der Waals surface area contributed by atoms with E-state index in [9.17, 15) is 4.79 Å². The molecule has 4 rings (SSSR count). The molecule has 0 spiro atoms. The van der Waals surface area contributed by atoms with Gasteiger partial charge in [0.1, 0.15) is 0 Å². The topological polar surface area (TPSA) is 51.0 Å². The van der Waals surface area contributed by atoms with E-state index in [4.69, 9.17) is 11.6 Å². The van der Waals surface area contributed by atoms with Crippen LogP contribution in [0.4, 0.5) is 0 Å². The molecule has 0 saturated heterocycles. The van der Waals surface area contributed by atoms with E-state index in [1.54, 1.807) is 41.0 Å². The third-order valence-corrected chi connectivity index (χ3v) is 5.25. The molecule has 3 aromatic rings. The van der Waals surface area contributed by atoms with Crippen molar-refractivity contribution >= 4 is 29.3 Å². The summed E-state index contributed by atoms with van der Waals surface area (Å²) in [6, 6.07) is 14.9. The number of thioether (sulfide) groups is 1. The SMILES string of the molecule is Cc1ccccc1-c1nnc2n1N(C(=O)c1ccc(Cl)cc1)CCS2. The second-order valence-corrected chi connectivity index (χ2v) is 7.22. The Morgan fingerprint density at radius 2 is 1.88 bits per heavy atom. The Kier molecular flexibility index (Phi) is 4.23. The van der Waals surface area contributed by atoms with E-state index in [0.717, 1.165) is 22.0 Å². The number of amides is 1. The number of fused-ring (bicyclic) bond motifs is 1. The number of carbonyl (C=O) groups excluding carboxylic acids is 1. The van der Waals surface area contributed by atoms with Crippen LogP contribution in [0.2, 0.25) is 5.02 Å². The van der Waals surface area contributed by atoms with Crippen LogP contribution in [0.15, 0.2) is 53.7 Å². The molecule has 0 saturated carbocycles. The van der Waals surface area contributed by atoms with Gasteiger partial charge in [-0.2, -0.15) is 0 Å². The maximum atomic E-state index is 13.0. The fraction of sp³-hybridized carbons (Fsp3) is 0.167. The van der Waals surface area contributed by atoms with Crippen LogP contribution in [0.25, 0.3) is 11.4 Å². The Morgan fingerprint density at radius 3 is 2.64 bits per heavy atom. The van der Waals surface area contributed by atoms with E-state index >= 15 is 0 Å². The summed E-state index contributed by atoms with van der Waals surface area (Å²) in [6.07, 6.45) is 0. The van der Waals surface area contributed by atoms with E-state index in [1.165, 1.54) is 0 Å². The number of nitrogens with zero attached hydrogens (tertiary/aromatic N) is 4. The molecule has 7 heteroatoms. The average Bonchev–Trinajstić information content (AvgIpc) is 3.06. The van der Waals surface area contributed by atoms with Crippen LogP contribution in [0.1, 0.15) is 15.9 Å². The van der Waals surface area contributed by atoms with E-state index in [-0.39, 0.29) is 5.91 Å². The van der Waals surface area contributed by atoms with Crippen molar-refractivity contribution in [1.82, 2.24) is 14.9 Å². The molecule has 0 aliphatic carbocycles. The van der Waals surface area contributed by atoms with E-state index in [0.29, 0.717) is 23.0 Å². The first-order valence-electron chi connectivity index (χ1n) is 7.87. The molecule has 1 aliphatic heterocycles. The molecule has 2 heterocycles. The van der Waals surface area contributed by atoms with Gasteiger partial charge in [-0.25, -0.2) is 9.69 Å². The van der Waals surface area contributed by atoms with E-state index in [1.807, 2.05) is 35.9 Å². The largest absolute Gasteiger partial charge is 0.272 e. The molecule has 0 atom stereocenters. The zero-order valence-corrected chi connectivity index (χ0v) is 15.1. The van der Waals surface area contributed by atoms with Crippen molar-refractivity contribution in [2.75, 3.05) is 17.3 Å². The minimum absolute atomic E-state index is 0.0900. The summed E-state index contributed by atoms with van der Waals surface area (Å²) in [5.74, 6) is 1.38. The third-order valence-electron chi connectivity index (χ3n) is 4.10. The second kappa shape index (κ2) is 6.54. The molecular formula is C18H15ClN4OS. The van der Waals surface area contributed by atoms with Crippen LogP contribution in [0.3, 0.4) is 0 Å². The maximum Gasteiger partial charge on any atom is 0.272 e. The van der Waals surface area contributed by atoms with Crippen LogP contribution in [0.5, 0.6) is 0 Å². The molecule has 126 valence electrons. The fourth-order valence-corrected chi connectivity index (χ4v) is 3.80. The van der Waals surface area contributed by atoms with Crippen LogP contribution in [0, 0.1) is 6.92 Å². The minimum atomic E-state index is -0.0900. The van der Waals surface area contributed by atoms with Crippen molar-refractivity contribution in [2.45, 2.75) is 12.1 Å². The summed E-state index contributed by atoms with van der Waals surface area (Å²) in [6.45, 7) is 2.62. The number of benzene rings is 2. The lowest BCUT2D eigenvalue weighted by Crippen LogP contribution is -2.45. The third kappa shape index (κ3) is 2.92. The van der Waals surface area contributed by atoms with E-state index in [2.05, 4.69) is 10.2 Å². The van der Waals surface area contributed by atoms with Crippen molar-refractivity contribution in [1.29, 1.82) is 0 Å². The summed E-state index contributed by atoms with van der Waals surface area (Å²) in [7, 11) is 0. The zero-order chi connectivity index (χ0) is 17.4. The van der Waals surface area contributed by atoms with Gasteiger partial charge in [0.2, 0.25) is 5.16 Å². The van der Waals surface area contributed by atoms with Crippen LogP contribution < -0.4 is 5.01 Å². The Balaban J connectivity index is 1.79. The number of aryl methyl sites for hydroxylation is 1. The Labute approximate surface area is 154 Å². The molecule has 0 N–H and O–H groups in total. The lowest BCUT2D eigenvalue weighted by molar-refractivity contribution is 0.0956. The lowest BCUT2D eigenvalue weighted by Gasteiger charge is -2.29. The summed E-state index contributed by atoms with van der Waals surface area (Å²) in [5, 5.41) is 11.7. The van der Waals surface area contributed by atoms with Crippen molar-refractivity contribution in [3.05, 3.63) is 64.7 Å². The predicted octanol–water partition coefficient (Wildman–Crippen LogP) is 3.79. The first kappa shape index (κ1) is 16.2. The second-order valence-electron chi connectivity index (χ2n) is 5.72. The summed E-state index contributed by atoms with van der Waals surface area (Å²) in [5.41, 5.74) is 2.65. The van der Waals surface area contributed by atoms with Crippen molar-refractivity contribution in [3.8, 4) is 11.4 Å². The molecule has 25 heavy (non-hydrogen) atoms. The average molecular weight is 371 g/mol. The Bertz CT molecular complexity index is 939. The van der Waals surface area contributed by atoms with Gasteiger partial charge < -0.3 is 0 Å². The van der Waals surface area contributed by atoms with Crippen molar-refractivity contribution in [3.63, 3.8) is 0 Å². The van der Waals surface area contributed by atoms with Gasteiger partial charge in [-0.1, -0.05) is 47.6 Å². The van der Waals surface area contributed by atoms with Gasteiger partial charge >= 0.3 is 0 Å². The first-order chi connectivity index (χ1) is 12.1. The highest BCUT2D eigenvalue weighted by atomic mass is 35.5.